The molecule has 0 radical (unpaired) electrons. The lowest BCUT2D eigenvalue weighted by molar-refractivity contribution is 0.645. The zero-order valence-corrected chi connectivity index (χ0v) is 29.1. The van der Waals surface area contributed by atoms with Gasteiger partial charge < -0.3 is 13.6 Å². The van der Waals surface area contributed by atoms with E-state index < -0.39 is 0 Å². The van der Waals surface area contributed by atoms with Crippen LogP contribution in [-0.4, -0.2) is 13.7 Å². The summed E-state index contributed by atoms with van der Waals surface area (Å²) in [5, 5.41) is 8.46. The molecule has 12 rings (SSSR count). The van der Waals surface area contributed by atoms with Gasteiger partial charge in [0, 0.05) is 49.4 Å². The lowest BCUT2D eigenvalue weighted by Crippen LogP contribution is -1.95. The fourth-order valence-electron chi connectivity index (χ4n) is 8.88. The van der Waals surface area contributed by atoms with Crippen LogP contribution < -0.4 is 0 Å². The maximum Gasteiger partial charge on any atom is 0.213 e. The van der Waals surface area contributed by atoms with Crippen LogP contribution in [0.3, 0.4) is 0 Å². The first-order valence-electron chi connectivity index (χ1n) is 18.4. The van der Waals surface area contributed by atoms with E-state index in [0.29, 0.717) is 0 Å². The highest BCUT2D eigenvalue weighted by atomic mass is 16.3. The summed E-state index contributed by atoms with van der Waals surface area (Å²) < 4.78 is 13.6. The second-order valence-corrected chi connectivity index (χ2v) is 14.2. The van der Waals surface area contributed by atoms with Gasteiger partial charge in [0.1, 0.15) is 5.58 Å². The molecule has 0 fully saturated rings. The summed E-state index contributed by atoms with van der Waals surface area (Å²) in [6, 6.07) is 67.7. The standard InChI is InChI=1S/C50H31N3O/c1-2-12-34(13-3-1)51-46-28-24-33(30-41(46)42-31-36(27-29-47(42)51)52-43-18-8-4-14-37(43)38-15-5-9-19-44(38)52)32-22-25-35(26-23-32)53-45-20-10-6-16-39(45)49-40-17-7-11-21-48(40)54-50(49)53/h1-31H. The van der Waals surface area contributed by atoms with Gasteiger partial charge in [-0.2, -0.15) is 0 Å². The molecule has 0 saturated carbocycles. The molecule has 0 atom stereocenters. The van der Waals surface area contributed by atoms with Crippen LogP contribution in [-0.2, 0) is 0 Å². The van der Waals surface area contributed by atoms with Gasteiger partial charge in [0.2, 0.25) is 5.71 Å². The number of rotatable bonds is 4. The third-order valence-corrected chi connectivity index (χ3v) is 11.3. The Hall–Kier alpha value is -7.30. The third kappa shape index (κ3) is 4.08. The first kappa shape index (κ1) is 29.3. The summed E-state index contributed by atoms with van der Waals surface area (Å²) in [6.45, 7) is 0. The minimum atomic E-state index is 0.874. The van der Waals surface area contributed by atoms with Crippen LogP contribution >= 0.6 is 0 Å². The Labute approximate surface area is 309 Å². The average Bonchev–Trinajstić information content (AvgIpc) is 3.96. The van der Waals surface area contributed by atoms with Gasteiger partial charge >= 0.3 is 0 Å². The minimum Gasteiger partial charge on any atom is -0.439 e. The number of benzene rings is 8. The first-order valence-corrected chi connectivity index (χ1v) is 18.4. The van der Waals surface area contributed by atoms with E-state index in [4.69, 9.17) is 4.42 Å². The third-order valence-electron chi connectivity index (χ3n) is 11.3. The van der Waals surface area contributed by atoms with Crippen molar-refractivity contribution < 1.29 is 4.42 Å². The van der Waals surface area contributed by atoms with Crippen molar-refractivity contribution in [3.05, 3.63) is 188 Å². The molecule has 0 unspecified atom stereocenters. The van der Waals surface area contributed by atoms with E-state index in [1.165, 1.54) is 54.6 Å². The summed E-state index contributed by atoms with van der Waals surface area (Å²) in [7, 11) is 0. The Bertz CT molecular complexity index is 3380. The molecule has 4 heterocycles. The Morgan fingerprint density at radius 1 is 0.296 bits per heavy atom. The van der Waals surface area contributed by atoms with Crippen LogP contribution in [0, 0.1) is 0 Å². The SMILES string of the molecule is c1ccc(-n2c3ccc(-c4ccc(-n5c6ccccc6c6c7ccccc7oc65)cc4)cc3c3cc(-n4c5ccccc5c5ccccc54)ccc32)cc1. The molecule has 0 aliphatic heterocycles. The molecular formula is C50H31N3O. The molecule has 0 amide bonds. The van der Waals surface area contributed by atoms with Crippen molar-refractivity contribution in [1.82, 2.24) is 13.7 Å². The number of para-hydroxylation sites is 5. The number of furan rings is 1. The number of aromatic nitrogens is 3. The summed E-state index contributed by atoms with van der Waals surface area (Å²) in [5.74, 6) is 0. The van der Waals surface area contributed by atoms with Gasteiger partial charge in [-0.15, -0.1) is 0 Å². The van der Waals surface area contributed by atoms with Crippen molar-refractivity contribution in [2.45, 2.75) is 0 Å². The van der Waals surface area contributed by atoms with Crippen LogP contribution in [0.25, 0.3) is 105 Å². The van der Waals surface area contributed by atoms with Crippen molar-refractivity contribution in [3.8, 4) is 28.2 Å². The lowest BCUT2D eigenvalue weighted by Gasteiger charge is -2.10. The van der Waals surface area contributed by atoms with Crippen molar-refractivity contribution in [3.63, 3.8) is 0 Å². The molecule has 0 bridgehead atoms. The minimum absolute atomic E-state index is 0.874. The molecule has 0 spiro atoms. The quantitative estimate of drug-likeness (QED) is 0.181. The van der Waals surface area contributed by atoms with Gasteiger partial charge in [-0.25, -0.2) is 0 Å². The fourth-order valence-corrected chi connectivity index (χ4v) is 8.88. The van der Waals surface area contributed by atoms with E-state index in [0.717, 1.165) is 50.2 Å². The zero-order chi connectivity index (χ0) is 35.3. The summed E-state index contributed by atoms with van der Waals surface area (Å²) >= 11 is 0. The van der Waals surface area contributed by atoms with E-state index in [9.17, 15) is 0 Å². The normalized spacial score (nSPS) is 12.1. The highest BCUT2D eigenvalue weighted by Crippen LogP contribution is 2.41. The maximum atomic E-state index is 6.51. The van der Waals surface area contributed by atoms with Crippen molar-refractivity contribution in [2.24, 2.45) is 0 Å². The average molecular weight is 690 g/mol. The Kier molecular flexibility index (Phi) is 6.02. The molecule has 8 aromatic carbocycles. The molecule has 4 heteroatoms. The highest BCUT2D eigenvalue weighted by molar-refractivity contribution is 6.20. The maximum absolute atomic E-state index is 6.51. The second kappa shape index (κ2) is 11.1. The molecular weight excluding hydrogens is 659 g/mol. The topological polar surface area (TPSA) is 27.9 Å². The van der Waals surface area contributed by atoms with Gasteiger partial charge in [0.15, 0.2) is 0 Å². The van der Waals surface area contributed by atoms with Crippen LogP contribution in [0.1, 0.15) is 0 Å². The lowest BCUT2D eigenvalue weighted by atomic mass is 10.0. The molecule has 0 N–H and O–H groups in total. The molecule has 252 valence electrons. The number of hydrogen-bond donors (Lipinski definition) is 0. The van der Waals surface area contributed by atoms with Crippen LogP contribution in [0.5, 0.6) is 0 Å². The fraction of sp³-hybridized carbons (Fsp3) is 0. The number of hydrogen-bond acceptors (Lipinski definition) is 1. The van der Waals surface area contributed by atoms with E-state index in [1.807, 2.05) is 12.1 Å². The van der Waals surface area contributed by atoms with Crippen molar-refractivity contribution in [2.75, 3.05) is 0 Å². The Balaban J connectivity index is 1.04. The van der Waals surface area contributed by atoms with Gasteiger partial charge in [-0.05, 0) is 90.0 Å². The van der Waals surface area contributed by atoms with E-state index in [-0.39, 0.29) is 0 Å². The second-order valence-electron chi connectivity index (χ2n) is 14.2. The van der Waals surface area contributed by atoms with Crippen LogP contribution in [0.2, 0.25) is 0 Å². The van der Waals surface area contributed by atoms with Crippen molar-refractivity contribution in [1.29, 1.82) is 0 Å². The molecule has 4 aromatic heterocycles. The highest BCUT2D eigenvalue weighted by Gasteiger charge is 2.20. The zero-order valence-electron chi connectivity index (χ0n) is 29.1. The summed E-state index contributed by atoms with van der Waals surface area (Å²) in [5.41, 5.74) is 13.4. The summed E-state index contributed by atoms with van der Waals surface area (Å²) in [6.07, 6.45) is 0. The Morgan fingerprint density at radius 2 is 0.778 bits per heavy atom. The van der Waals surface area contributed by atoms with E-state index >= 15 is 0 Å². The monoisotopic (exact) mass is 689 g/mol. The van der Waals surface area contributed by atoms with E-state index in [2.05, 4.69) is 190 Å². The van der Waals surface area contributed by atoms with E-state index in [1.54, 1.807) is 0 Å². The van der Waals surface area contributed by atoms with Crippen LogP contribution in [0.15, 0.2) is 192 Å². The first-order chi connectivity index (χ1) is 26.8. The summed E-state index contributed by atoms with van der Waals surface area (Å²) in [4.78, 5) is 0. The van der Waals surface area contributed by atoms with Gasteiger partial charge in [-0.3, -0.25) is 4.57 Å². The largest absolute Gasteiger partial charge is 0.439 e. The number of fused-ring (bicyclic) bond motifs is 11. The van der Waals surface area contributed by atoms with Gasteiger partial charge in [0.05, 0.1) is 33.0 Å². The van der Waals surface area contributed by atoms with Gasteiger partial charge in [0.25, 0.3) is 0 Å². The van der Waals surface area contributed by atoms with Crippen LogP contribution in [0.4, 0.5) is 0 Å². The molecule has 0 aliphatic rings. The van der Waals surface area contributed by atoms with Crippen molar-refractivity contribution >= 4 is 76.6 Å². The molecule has 12 aromatic rings. The predicted molar refractivity (Wildman–Crippen MR) is 225 cm³/mol. The molecule has 0 aliphatic carbocycles. The predicted octanol–water partition coefficient (Wildman–Crippen LogP) is 13.4. The molecule has 54 heavy (non-hydrogen) atoms. The van der Waals surface area contributed by atoms with Gasteiger partial charge in [-0.1, -0.05) is 109 Å². The molecule has 0 saturated heterocycles. The Morgan fingerprint density at radius 3 is 1.50 bits per heavy atom. The smallest absolute Gasteiger partial charge is 0.213 e. The number of nitrogens with zero attached hydrogens (tertiary/aromatic N) is 3. The molecule has 4 nitrogen and oxygen atoms in total.